The van der Waals surface area contributed by atoms with E-state index in [1.54, 1.807) is 6.07 Å². The zero-order valence-electron chi connectivity index (χ0n) is 8.05. The Bertz CT molecular complexity index is 346. The molecule has 1 aliphatic rings. The van der Waals surface area contributed by atoms with Crippen molar-refractivity contribution in [1.29, 1.82) is 0 Å². The van der Waals surface area contributed by atoms with Crippen LogP contribution in [0.15, 0.2) is 18.3 Å². The van der Waals surface area contributed by atoms with Gasteiger partial charge in [0.05, 0.1) is 17.6 Å². The molecule has 1 fully saturated rings. The summed E-state index contributed by atoms with van der Waals surface area (Å²) < 4.78 is 5.19. The van der Waals surface area contributed by atoms with Crippen LogP contribution in [0.5, 0.6) is 0 Å². The molecule has 0 bridgehead atoms. The van der Waals surface area contributed by atoms with Gasteiger partial charge in [-0.05, 0) is 12.5 Å². The van der Waals surface area contributed by atoms with Gasteiger partial charge in [-0.2, -0.15) is 0 Å². The van der Waals surface area contributed by atoms with Crippen LogP contribution < -0.4 is 5.32 Å². The Kier molecular flexibility index (Phi) is 2.77. The van der Waals surface area contributed by atoms with Crippen LogP contribution in [-0.2, 0) is 4.74 Å². The summed E-state index contributed by atoms with van der Waals surface area (Å²) in [6.45, 7) is 1.42. The number of hydrogen-bond donors (Lipinski definition) is 1. The second-order valence-electron chi connectivity index (χ2n) is 3.36. The zero-order valence-corrected chi connectivity index (χ0v) is 8.05. The van der Waals surface area contributed by atoms with Crippen LogP contribution >= 0.6 is 0 Å². The van der Waals surface area contributed by atoms with Crippen molar-refractivity contribution in [2.45, 2.75) is 12.5 Å². The number of anilines is 1. The quantitative estimate of drug-likeness (QED) is 0.597. The van der Waals surface area contributed by atoms with E-state index in [0.29, 0.717) is 12.4 Å². The Balaban J connectivity index is 2.00. The lowest BCUT2D eigenvalue weighted by Crippen LogP contribution is -2.19. The Morgan fingerprint density at radius 2 is 2.47 bits per heavy atom. The summed E-state index contributed by atoms with van der Waals surface area (Å²) in [5.41, 5.74) is 0.00298. The van der Waals surface area contributed by atoms with Gasteiger partial charge in [0.25, 0.3) is 5.69 Å². The molecule has 1 aromatic rings. The van der Waals surface area contributed by atoms with Crippen molar-refractivity contribution in [3.63, 3.8) is 0 Å². The molecule has 0 saturated carbocycles. The van der Waals surface area contributed by atoms with E-state index in [1.807, 2.05) is 0 Å². The fourth-order valence-corrected chi connectivity index (χ4v) is 1.44. The second kappa shape index (κ2) is 4.22. The summed E-state index contributed by atoms with van der Waals surface area (Å²) >= 11 is 0. The topological polar surface area (TPSA) is 77.3 Å². The van der Waals surface area contributed by atoms with Crippen LogP contribution in [0.4, 0.5) is 11.5 Å². The van der Waals surface area contributed by atoms with Crippen LogP contribution in [0.1, 0.15) is 6.42 Å². The van der Waals surface area contributed by atoms with Gasteiger partial charge in [-0.1, -0.05) is 0 Å². The molecular weight excluding hydrogens is 198 g/mol. The molecule has 6 nitrogen and oxygen atoms in total. The van der Waals surface area contributed by atoms with Gasteiger partial charge in [0, 0.05) is 12.7 Å². The lowest BCUT2D eigenvalue weighted by Gasteiger charge is -2.10. The number of aromatic nitrogens is 1. The predicted octanol–water partition coefficient (Wildman–Crippen LogP) is 1.19. The van der Waals surface area contributed by atoms with Crippen LogP contribution in [0.25, 0.3) is 0 Å². The molecule has 6 heteroatoms. The van der Waals surface area contributed by atoms with E-state index in [9.17, 15) is 10.1 Å². The molecule has 15 heavy (non-hydrogen) atoms. The number of ether oxygens (including phenoxy) is 1. The molecule has 1 saturated heterocycles. The number of rotatable bonds is 3. The number of nitrogens with one attached hydrogen (secondary N) is 1. The van der Waals surface area contributed by atoms with Crippen molar-refractivity contribution in [2.24, 2.45) is 0 Å². The molecule has 0 amide bonds. The predicted molar refractivity (Wildman–Crippen MR) is 53.7 cm³/mol. The molecule has 2 rings (SSSR count). The highest BCUT2D eigenvalue weighted by Gasteiger charge is 2.15. The maximum absolute atomic E-state index is 10.4. The molecular formula is C9H11N3O3. The summed E-state index contributed by atoms with van der Waals surface area (Å²) in [5, 5.41) is 13.5. The summed E-state index contributed by atoms with van der Waals surface area (Å²) in [6, 6.07) is 3.31. The molecule has 1 unspecified atom stereocenters. The first-order chi connectivity index (χ1) is 7.25. The highest BCUT2D eigenvalue weighted by atomic mass is 16.6. The van der Waals surface area contributed by atoms with Crippen LogP contribution in [0.2, 0.25) is 0 Å². The van der Waals surface area contributed by atoms with Crippen molar-refractivity contribution >= 4 is 11.5 Å². The van der Waals surface area contributed by atoms with E-state index >= 15 is 0 Å². The SMILES string of the molecule is O=[N+]([O-])c1ccc(NC2CCOC2)nc1. The van der Waals surface area contributed by atoms with E-state index in [-0.39, 0.29) is 11.7 Å². The van der Waals surface area contributed by atoms with Gasteiger partial charge < -0.3 is 10.1 Å². The molecule has 0 spiro atoms. The van der Waals surface area contributed by atoms with E-state index in [4.69, 9.17) is 4.74 Å². The first-order valence-corrected chi connectivity index (χ1v) is 4.70. The lowest BCUT2D eigenvalue weighted by molar-refractivity contribution is -0.385. The summed E-state index contributed by atoms with van der Waals surface area (Å²) in [7, 11) is 0. The fraction of sp³-hybridized carbons (Fsp3) is 0.444. The second-order valence-corrected chi connectivity index (χ2v) is 3.36. The molecule has 1 aliphatic heterocycles. The minimum absolute atomic E-state index is 0.00298. The van der Waals surface area contributed by atoms with Gasteiger partial charge in [0.15, 0.2) is 0 Å². The fourth-order valence-electron chi connectivity index (χ4n) is 1.44. The molecule has 1 N–H and O–H groups in total. The van der Waals surface area contributed by atoms with Crippen molar-refractivity contribution in [3.05, 3.63) is 28.4 Å². The first-order valence-electron chi connectivity index (χ1n) is 4.70. The number of hydrogen-bond acceptors (Lipinski definition) is 5. The molecule has 80 valence electrons. The molecule has 1 aromatic heterocycles. The number of nitro groups is 1. The third-order valence-electron chi connectivity index (χ3n) is 2.24. The van der Waals surface area contributed by atoms with Crippen LogP contribution in [0.3, 0.4) is 0 Å². The minimum atomic E-state index is -0.463. The first kappa shape index (κ1) is 9.85. The van der Waals surface area contributed by atoms with Gasteiger partial charge in [0.2, 0.25) is 0 Å². The Morgan fingerprint density at radius 3 is 3.00 bits per heavy atom. The average Bonchev–Trinajstić information content (AvgIpc) is 2.71. The maximum atomic E-state index is 10.4. The van der Waals surface area contributed by atoms with Gasteiger partial charge in [-0.3, -0.25) is 10.1 Å². The monoisotopic (exact) mass is 209 g/mol. The van der Waals surface area contributed by atoms with E-state index in [2.05, 4.69) is 10.3 Å². The highest BCUT2D eigenvalue weighted by molar-refractivity contribution is 5.40. The van der Waals surface area contributed by atoms with Gasteiger partial charge in [0.1, 0.15) is 12.0 Å². The molecule has 0 aromatic carbocycles. The van der Waals surface area contributed by atoms with Gasteiger partial charge in [-0.25, -0.2) is 4.98 Å². The normalized spacial score (nSPS) is 20.1. The van der Waals surface area contributed by atoms with E-state index in [0.717, 1.165) is 13.0 Å². The van der Waals surface area contributed by atoms with Crippen molar-refractivity contribution < 1.29 is 9.66 Å². The van der Waals surface area contributed by atoms with Crippen molar-refractivity contribution in [3.8, 4) is 0 Å². The number of nitrogens with zero attached hydrogens (tertiary/aromatic N) is 2. The Hall–Kier alpha value is -1.69. The largest absolute Gasteiger partial charge is 0.379 e. The van der Waals surface area contributed by atoms with Crippen LogP contribution in [0, 0.1) is 10.1 Å². The lowest BCUT2D eigenvalue weighted by atomic mass is 10.2. The minimum Gasteiger partial charge on any atom is -0.379 e. The van der Waals surface area contributed by atoms with E-state index in [1.165, 1.54) is 12.3 Å². The van der Waals surface area contributed by atoms with E-state index < -0.39 is 4.92 Å². The van der Waals surface area contributed by atoms with Crippen molar-refractivity contribution in [2.75, 3.05) is 18.5 Å². The molecule has 0 radical (unpaired) electrons. The molecule has 2 heterocycles. The smallest absolute Gasteiger partial charge is 0.287 e. The summed E-state index contributed by atoms with van der Waals surface area (Å²) in [6.07, 6.45) is 2.19. The Morgan fingerprint density at radius 1 is 1.60 bits per heavy atom. The van der Waals surface area contributed by atoms with Crippen LogP contribution in [-0.4, -0.2) is 29.2 Å². The Labute approximate surface area is 86.4 Å². The summed E-state index contributed by atoms with van der Waals surface area (Å²) in [5.74, 6) is 0.649. The molecule has 0 aliphatic carbocycles. The van der Waals surface area contributed by atoms with Gasteiger partial charge in [-0.15, -0.1) is 0 Å². The average molecular weight is 209 g/mol. The zero-order chi connectivity index (χ0) is 10.7. The maximum Gasteiger partial charge on any atom is 0.287 e. The highest BCUT2D eigenvalue weighted by Crippen LogP contribution is 2.14. The summed E-state index contributed by atoms with van der Waals surface area (Å²) in [4.78, 5) is 13.9. The molecule has 1 atom stereocenters. The van der Waals surface area contributed by atoms with Crippen molar-refractivity contribution in [1.82, 2.24) is 4.98 Å². The van der Waals surface area contributed by atoms with Gasteiger partial charge >= 0.3 is 0 Å². The third kappa shape index (κ3) is 2.41. The standard InChI is InChI=1S/C9H11N3O3/c13-12(14)8-1-2-9(10-5-8)11-7-3-4-15-6-7/h1-2,5,7H,3-4,6H2,(H,10,11). The number of pyridine rings is 1. The third-order valence-corrected chi connectivity index (χ3v) is 2.24.